The predicted octanol–water partition coefficient (Wildman–Crippen LogP) is 3.83. The molecule has 3 aromatic rings. The maximum atomic E-state index is 13.6. The molecule has 1 aromatic carbocycles. The van der Waals surface area contributed by atoms with E-state index in [0.717, 1.165) is 16.6 Å². The van der Waals surface area contributed by atoms with E-state index in [1.807, 2.05) is 35.2 Å². The molecule has 0 spiro atoms. The van der Waals surface area contributed by atoms with Gasteiger partial charge in [0.2, 0.25) is 0 Å². The number of pyridine rings is 2. The summed E-state index contributed by atoms with van der Waals surface area (Å²) in [5.74, 6) is -2.84. The van der Waals surface area contributed by atoms with Gasteiger partial charge in [0.25, 0.3) is 11.8 Å². The molecule has 1 aliphatic heterocycles. The highest BCUT2D eigenvalue weighted by Gasteiger charge is 2.37. The second kappa shape index (κ2) is 8.21. The molecule has 1 atom stereocenters. The number of rotatable bonds is 5. The molecular weight excluding hydrogens is 374 g/mol. The van der Waals surface area contributed by atoms with Gasteiger partial charge < -0.3 is 5.32 Å². The van der Waals surface area contributed by atoms with E-state index in [-0.39, 0.29) is 44.4 Å². The lowest BCUT2D eigenvalue weighted by atomic mass is 10.0. The maximum absolute atomic E-state index is 13.6. The largest absolute Gasteiger partial charge is 0.350 e. The Balaban J connectivity index is 1.53. The average Bonchev–Trinajstić information content (AvgIpc) is 2.75. The smallest absolute Gasteiger partial charge is 0.252 e. The molecule has 1 N–H and O–H groups in total. The van der Waals surface area contributed by atoms with E-state index in [1.54, 1.807) is 30.6 Å². The fraction of sp³-hybridized carbons (Fsp3) is 0.318. The summed E-state index contributed by atoms with van der Waals surface area (Å²) in [5.41, 5.74) is 2.05. The van der Waals surface area contributed by atoms with Gasteiger partial charge in [-0.25, -0.2) is 8.78 Å². The highest BCUT2D eigenvalue weighted by atomic mass is 19.3. The SMILES string of the molecule is O=C(NCC(c1ccccn1)N1CCC(F)(F)CC1)c1cccc2ncccc12. The standard InChI is InChI=1S/C22H22F2N4O/c23-22(24)9-13-28(14-10-22)20(19-7-1-2-11-26-19)15-27-21(29)17-5-3-8-18-16(17)6-4-12-25-18/h1-8,11-12,20H,9-10,13-15H2,(H,27,29). The molecule has 0 saturated carbocycles. The molecule has 0 radical (unpaired) electrons. The van der Waals surface area contributed by atoms with Crippen molar-refractivity contribution in [1.82, 2.24) is 20.2 Å². The van der Waals surface area contributed by atoms with Gasteiger partial charge in [-0.2, -0.15) is 0 Å². The van der Waals surface area contributed by atoms with Crippen LogP contribution in [0.15, 0.2) is 60.9 Å². The minimum atomic E-state index is -2.62. The number of aromatic nitrogens is 2. The summed E-state index contributed by atoms with van der Waals surface area (Å²) < 4.78 is 27.2. The Hall–Kier alpha value is -2.93. The monoisotopic (exact) mass is 396 g/mol. The van der Waals surface area contributed by atoms with E-state index in [2.05, 4.69) is 15.3 Å². The minimum absolute atomic E-state index is 0.181. The third-order valence-corrected chi connectivity index (χ3v) is 5.35. The molecule has 4 rings (SSSR count). The maximum Gasteiger partial charge on any atom is 0.252 e. The number of likely N-dealkylation sites (tertiary alicyclic amines) is 1. The van der Waals surface area contributed by atoms with Crippen LogP contribution in [0.3, 0.4) is 0 Å². The van der Waals surface area contributed by atoms with Crippen LogP contribution in [0.25, 0.3) is 10.9 Å². The highest BCUT2D eigenvalue weighted by molar-refractivity contribution is 6.06. The van der Waals surface area contributed by atoms with Gasteiger partial charge in [0.1, 0.15) is 0 Å². The molecule has 150 valence electrons. The molecule has 1 fully saturated rings. The highest BCUT2D eigenvalue weighted by Crippen LogP contribution is 2.31. The first-order valence-electron chi connectivity index (χ1n) is 9.68. The van der Waals surface area contributed by atoms with E-state index in [9.17, 15) is 13.6 Å². The zero-order valence-electron chi connectivity index (χ0n) is 15.9. The van der Waals surface area contributed by atoms with Crippen LogP contribution in [0.2, 0.25) is 0 Å². The lowest BCUT2D eigenvalue weighted by Gasteiger charge is -2.37. The van der Waals surface area contributed by atoms with E-state index in [1.165, 1.54) is 0 Å². The van der Waals surface area contributed by atoms with Crippen molar-refractivity contribution in [2.45, 2.75) is 24.8 Å². The number of fused-ring (bicyclic) bond motifs is 1. The second-order valence-electron chi connectivity index (χ2n) is 7.25. The lowest BCUT2D eigenvalue weighted by molar-refractivity contribution is -0.0635. The summed E-state index contributed by atoms with van der Waals surface area (Å²) in [5, 5.41) is 3.75. The number of carbonyl (C=O) groups excluding carboxylic acids is 1. The van der Waals surface area contributed by atoms with Crippen molar-refractivity contribution in [1.29, 1.82) is 0 Å². The Bertz CT molecular complexity index is 981. The van der Waals surface area contributed by atoms with Crippen molar-refractivity contribution < 1.29 is 13.6 Å². The molecular formula is C22H22F2N4O. The Morgan fingerprint density at radius 1 is 1.03 bits per heavy atom. The normalized spacial score (nSPS) is 17.7. The third-order valence-electron chi connectivity index (χ3n) is 5.35. The molecule has 5 nitrogen and oxygen atoms in total. The second-order valence-corrected chi connectivity index (χ2v) is 7.25. The number of benzene rings is 1. The summed E-state index contributed by atoms with van der Waals surface area (Å²) in [7, 11) is 0. The molecule has 0 aliphatic carbocycles. The van der Waals surface area contributed by atoms with Gasteiger partial charge in [-0.05, 0) is 30.3 Å². The van der Waals surface area contributed by atoms with Gasteiger partial charge in [-0.15, -0.1) is 0 Å². The summed E-state index contributed by atoms with van der Waals surface area (Å²) in [6.45, 7) is 0.822. The summed E-state index contributed by atoms with van der Waals surface area (Å²) in [6, 6.07) is 14.4. The van der Waals surface area contributed by atoms with Crippen LogP contribution < -0.4 is 5.32 Å². The Labute approximate surface area is 167 Å². The summed E-state index contributed by atoms with van der Waals surface area (Å²) in [6.07, 6.45) is 3.00. The van der Waals surface area contributed by atoms with Crippen molar-refractivity contribution in [2.75, 3.05) is 19.6 Å². The lowest BCUT2D eigenvalue weighted by Crippen LogP contribution is -2.45. The topological polar surface area (TPSA) is 58.1 Å². The Morgan fingerprint density at radius 2 is 1.83 bits per heavy atom. The minimum Gasteiger partial charge on any atom is -0.350 e. The molecule has 3 heterocycles. The number of hydrogen-bond acceptors (Lipinski definition) is 4. The van der Waals surface area contributed by atoms with E-state index >= 15 is 0 Å². The average molecular weight is 396 g/mol. The van der Waals surface area contributed by atoms with Crippen LogP contribution in [0, 0.1) is 0 Å². The fourth-order valence-corrected chi connectivity index (χ4v) is 3.74. The number of carbonyl (C=O) groups is 1. The molecule has 7 heteroatoms. The molecule has 0 bridgehead atoms. The number of halogens is 2. The molecule has 1 aliphatic rings. The first-order chi connectivity index (χ1) is 14.0. The van der Waals surface area contributed by atoms with Crippen LogP contribution in [0.4, 0.5) is 8.78 Å². The number of nitrogens with one attached hydrogen (secondary N) is 1. The van der Waals surface area contributed by atoms with Crippen LogP contribution in [0.1, 0.15) is 34.9 Å². The van der Waals surface area contributed by atoms with Crippen molar-refractivity contribution in [3.05, 3.63) is 72.2 Å². The van der Waals surface area contributed by atoms with Gasteiger partial charge in [0.05, 0.1) is 17.3 Å². The number of piperidine rings is 1. The van der Waals surface area contributed by atoms with Crippen LogP contribution in [-0.2, 0) is 0 Å². The molecule has 29 heavy (non-hydrogen) atoms. The van der Waals surface area contributed by atoms with Gasteiger partial charge in [-0.1, -0.05) is 18.2 Å². The van der Waals surface area contributed by atoms with Gasteiger partial charge in [0.15, 0.2) is 0 Å². The predicted molar refractivity (Wildman–Crippen MR) is 107 cm³/mol. The van der Waals surface area contributed by atoms with Crippen molar-refractivity contribution in [3.8, 4) is 0 Å². The van der Waals surface area contributed by atoms with Crippen LogP contribution in [-0.4, -0.2) is 46.3 Å². The molecule has 1 unspecified atom stereocenters. The van der Waals surface area contributed by atoms with Crippen molar-refractivity contribution in [2.24, 2.45) is 0 Å². The summed E-state index contributed by atoms with van der Waals surface area (Å²) in [4.78, 5) is 23.5. The number of hydrogen-bond donors (Lipinski definition) is 1. The first-order valence-corrected chi connectivity index (χ1v) is 9.68. The molecule has 1 saturated heterocycles. The zero-order chi connectivity index (χ0) is 20.3. The van der Waals surface area contributed by atoms with Crippen LogP contribution in [0.5, 0.6) is 0 Å². The number of alkyl halides is 2. The van der Waals surface area contributed by atoms with Crippen LogP contribution >= 0.6 is 0 Å². The fourth-order valence-electron chi connectivity index (χ4n) is 3.74. The van der Waals surface area contributed by atoms with Gasteiger partial charge in [0, 0.05) is 55.8 Å². The molecule has 1 amide bonds. The van der Waals surface area contributed by atoms with Gasteiger partial charge >= 0.3 is 0 Å². The first kappa shape index (κ1) is 19.4. The van der Waals surface area contributed by atoms with E-state index in [0.29, 0.717) is 5.56 Å². The summed E-state index contributed by atoms with van der Waals surface area (Å²) >= 11 is 0. The number of amides is 1. The van der Waals surface area contributed by atoms with Crippen molar-refractivity contribution in [3.63, 3.8) is 0 Å². The van der Waals surface area contributed by atoms with E-state index < -0.39 is 5.92 Å². The quantitative estimate of drug-likeness (QED) is 0.712. The van der Waals surface area contributed by atoms with Crippen molar-refractivity contribution >= 4 is 16.8 Å². The Kier molecular flexibility index (Phi) is 5.49. The number of nitrogens with zero attached hydrogens (tertiary/aromatic N) is 3. The van der Waals surface area contributed by atoms with E-state index in [4.69, 9.17) is 0 Å². The molecule has 2 aromatic heterocycles. The zero-order valence-corrected chi connectivity index (χ0v) is 15.9. The van der Waals surface area contributed by atoms with Gasteiger partial charge in [-0.3, -0.25) is 19.7 Å². The third kappa shape index (κ3) is 4.40. The Morgan fingerprint density at radius 3 is 2.59 bits per heavy atom.